The summed E-state index contributed by atoms with van der Waals surface area (Å²) in [5.74, 6) is -2.31. The molecule has 34 heavy (non-hydrogen) atoms. The van der Waals surface area contributed by atoms with Crippen molar-refractivity contribution in [1.29, 1.82) is 0 Å². The number of aryl methyl sites for hydroxylation is 1. The summed E-state index contributed by atoms with van der Waals surface area (Å²) in [5.41, 5.74) is 1.45. The van der Waals surface area contributed by atoms with E-state index >= 15 is 0 Å². The predicted molar refractivity (Wildman–Crippen MR) is 120 cm³/mol. The molecular formula is C25H20F2N2O5. The van der Waals surface area contributed by atoms with Crippen LogP contribution in [0.1, 0.15) is 15.9 Å². The Morgan fingerprint density at radius 2 is 1.91 bits per heavy atom. The Hall–Kier alpha value is -4.27. The average molecular weight is 466 g/mol. The van der Waals surface area contributed by atoms with E-state index in [1.165, 1.54) is 53.4 Å². The van der Waals surface area contributed by atoms with Gasteiger partial charge in [0.15, 0.2) is 30.6 Å². The minimum absolute atomic E-state index is 0.0412. The number of rotatable bonds is 7. The number of halogens is 2. The topological polar surface area (TPSA) is 84.9 Å². The fourth-order valence-electron chi connectivity index (χ4n) is 3.41. The van der Waals surface area contributed by atoms with E-state index in [-0.39, 0.29) is 35.8 Å². The number of amides is 2. The first kappa shape index (κ1) is 22.9. The molecule has 9 heteroatoms. The van der Waals surface area contributed by atoms with Gasteiger partial charge >= 0.3 is 0 Å². The molecule has 0 spiro atoms. The number of hydrogen-bond donors (Lipinski definition) is 1. The molecule has 4 rings (SSSR count). The number of carbonyl (C=O) groups is 3. The van der Waals surface area contributed by atoms with Crippen molar-refractivity contribution < 1.29 is 32.6 Å². The van der Waals surface area contributed by atoms with E-state index in [0.29, 0.717) is 5.75 Å². The number of nitrogens with one attached hydrogen (secondary N) is 1. The van der Waals surface area contributed by atoms with Crippen LogP contribution in [0.5, 0.6) is 11.5 Å². The molecule has 0 saturated heterocycles. The third-order valence-electron chi connectivity index (χ3n) is 5.08. The summed E-state index contributed by atoms with van der Waals surface area (Å²) in [6, 6.07) is 14.1. The zero-order valence-electron chi connectivity index (χ0n) is 18.1. The fourth-order valence-corrected chi connectivity index (χ4v) is 3.41. The summed E-state index contributed by atoms with van der Waals surface area (Å²) in [7, 11) is 0. The lowest BCUT2D eigenvalue weighted by Gasteiger charge is -2.29. The molecule has 174 valence electrons. The first-order chi connectivity index (χ1) is 16.3. The number of Topliss-reactive ketones (excluding diaryl/α,β-unsaturated/α-hetero) is 1. The Balaban J connectivity index is 1.49. The van der Waals surface area contributed by atoms with Gasteiger partial charge in [-0.3, -0.25) is 19.3 Å². The maximum atomic E-state index is 13.9. The van der Waals surface area contributed by atoms with Crippen molar-refractivity contribution in [3.8, 4) is 11.5 Å². The first-order valence-electron chi connectivity index (χ1n) is 10.3. The molecule has 0 atom stereocenters. The molecule has 0 bridgehead atoms. The molecule has 0 aliphatic carbocycles. The van der Waals surface area contributed by atoms with Crippen molar-refractivity contribution in [2.45, 2.75) is 6.92 Å². The lowest BCUT2D eigenvalue weighted by atomic mass is 10.1. The maximum Gasteiger partial charge on any atom is 0.265 e. The van der Waals surface area contributed by atoms with Gasteiger partial charge < -0.3 is 14.8 Å². The van der Waals surface area contributed by atoms with Crippen molar-refractivity contribution >= 4 is 29.0 Å². The van der Waals surface area contributed by atoms with Crippen LogP contribution in [0, 0.1) is 18.6 Å². The summed E-state index contributed by atoms with van der Waals surface area (Å²) in [6.45, 7) is 0.708. The highest BCUT2D eigenvalue weighted by molar-refractivity contribution is 6.06. The Morgan fingerprint density at radius 3 is 2.71 bits per heavy atom. The second-order valence-corrected chi connectivity index (χ2v) is 7.66. The molecule has 7 nitrogen and oxygen atoms in total. The van der Waals surface area contributed by atoms with Crippen molar-refractivity contribution in [3.05, 3.63) is 83.4 Å². The van der Waals surface area contributed by atoms with Gasteiger partial charge in [-0.15, -0.1) is 0 Å². The molecule has 0 radical (unpaired) electrons. The van der Waals surface area contributed by atoms with Crippen LogP contribution >= 0.6 is 0 Å². The molecule has 0 fully saturated rings. The molecule has 1 aliphatic heterocycles. The number of benzene rings is 3. The van der Waals surface area contributed by atoms with Crippen LogP contribution in [0.2, 0.25) is 0 Å². The third-order valence-corrected chi connectivity index (χ3v) is 5.08. The smallest absolute Gasteiger partial charge is 0.265 e. The second kappa shape index (κ2) is 9.70. The van der Waals surface area contributed by atoms with E-state index in [1.54, 1.807) is 13.0 Å². The second-order valence-electron chi connectivity index (χ2n) is 7.66. The largest absolute Gasteiger partial charge is 0.482 e. The maximum absolute atomic E-state index is 13.9. The van der Waals surface area contributed by atoms with Gasteiger partial charge in [-0.05, 0) is 61.0 Å². The van der Waals surface area contributed by atoms with Crippen LogP contribution in [-0.2, 0) is 9.59 Å². The van der Waals surface area contributed by atoms with Crippen LogP contribution in [0.15, 0.2) is 60.7 Å². The van der Waals surface area contributed by atoms with Crippen LogP contribution in [0.25, 0.3) is 0 Å². The third kappa shape index (κ3) is 5.20. The average Bonchev–Trinajstić information content (AvgIpc) is 2.81. The van der Waals surface area contributed by atoms with Gasteiger partial charge in [-0.25, -0.2) is 8.78 Å². The van der Waals surface area contributed by atoms with E-state index in [4.69, 9.17) is 9.47 Å². The minimum atomic E-state index is -0.585. The highest BCUT2D eigenvalue weighted by atomic mass is 19.1. The number of ketones is 1. The van der Waals surface area contributed by atoms with Gasteiger partial charge in [0, 0.05) is 11.3 Å². The number of hydrogen-bond acceptors (Lipinski definition) is 5. The number of fused-ring (bicyclic) bond motifs is 1. The number of anilines is 2. The predicted octanol–water partition coefficient (Wildman–Crippen LogP) is 3.90. The molecule has 1 N–H and O–H groups in total. The normalized spacial score (nSPS) is 12.6. The SMILES string of the molecule is Cc1ccc(F)c(OCC(=O)c2ccc3c(c2)N(CC(=O)Nc2cccc(F)c2)C(=O)CO3)c1. The molecule has 3 aromatic carbocycles. The molecular weight excluding hydrogens is 446 g/mol. The molecule has 2 amide bonds. The van der Waals surface area contributed by atoms with Crippen molar-refractivity contribution in [1.82, 2.24) is 0 Å². The quantitative estimate of drug-likeness (QED) is 0.534. The minimum Gasteiger partial charge on any atom is -0.482 e. The summed E-state index contributed by atoms with van der Waals surface area (Å²) in [5, 5.41) is 2.53. The van der Waals surface area contributed by atoms with E-state index in [9.17, 15) is 23.2 Å². The summed E-state index contributed by atoms with van der Waals surface area (Å²) < 4.78 is 38.0. The molecule has 0 saturated carbocycles. The van der Waals surface area contributed by atoms with Gasteiger partial charge in [0.2, 0.25) is 5.91 Å². The van der Waals surface area contributed by atoms with Crippen molar-refractivity contribution in [2.75, 3.05) is 30.0 Å². The molecule has 0 unspecified atom stereocenters. The van der Waals surface area contributed by atoms with Crippen LogP contribution < -0.4 is 19.7 Å². The number of ether oxygens (including phenoxy) is 2. The highest BCUT2D eigenvalue weighted by Gasteiger charge is 2.28. The molecule has 3 aromatic rings. The Kier molecular flexibility index (Phi) is 6.53. The number of nitrogens with zero attached hydrogens (tertiary/aromatic N) is 1. The zero-order chi connectivity index (χ0) is 24.2. The first-order valence-corrected chi connectivity index (χ1v) is 10.3. The van der Waals surface area contributed by atoms with Crippen LogP contribution in [0.3, 0.4) is 0 Å². The van der Waals surface area contributed by atoms with Gasteiger partial charge in [0.05, 0.1) is 5.69 Å². The van der Waals surface area contributed by atoms with Gasteiger partial charge in [0.1, 0.15) is 18.1 Å². The van der Waals surface area contributed by atoms with Crippen molar-refractivity contribution in [2.24, 2.45) is 0 Å². The number of carbonyl (C=O) groups excluding carboxylic acids is 3. The molecule has 1 heterocycles. The Bertz CT molecular complexity index is 1280. The summed E-state index contributed by atoms with van der Waals surface area (Å²) in [4.78, 5) is 38.8. The van der Waals surface area contributed by atoms with Crippen LogP contribution in [-0.4, -0.2) is 37.4 Å². The van der Waals surface area contributed by atoms with E-state index in [1.807, 2.05) is 0 Å². The highest BCUT2D eigenvalue weighted by Crippen LogP contribution is 2.33. The zero-order valence-corrected chi connectivity index (χ0v) is 18.1. The summed E-state index contributed by atoms with van der Waals surface area (Å²) in [6.07, 6.45) is 0. The fraction of sp³-hybridized carbons (Fsp3) is 0.160. The molecule has 1 aliphatic rings. The van der Waals surface area contributed by atoms with Gasteiger partial charge in [-0.1, -0.05) is 12.1 Å². The Morgan fingerprint density at radius 1 is 1.09 bits per heavy atom. The lowest BCUT2D eigenvalue weighted by Crippen LogP contribution is -2.43. The van der Waals surface area contributed by atoms with E-state index in [2.05, 4.69) is 5.32 Å². The van der Waals surface area contributed by atoms with E-state index < -0.39 is 35.8 Å². The Labute approximate surface area is 193 Å². The lowest BCUT2D eigenvalue weighted by molar-refractivity contribution is -0.123. The van der Waals surface area contributed by atoms with Crippen LogP contribution in [0.4, 0.5) is 20.2 Å². The summed E-state index contributed by atoms with van der Waals surface area (Å²) >= 11 is 0. The van der Waals surface area contributed by atoms with Gasteiger partial charge in [-0.2, -0.15) is 0 Å². The van der Waals surface area contributed by atoms with E-state index in [0.717, 1.165) is 11.6 Å². The van der Waals surface area contributed by atoms with Gasteiger partial charge in [0.25, 0.3) is 5.91 Å². The standard InChI is InChI=1S/C25H20F2N2O5/c1-15-5-7-19(27)23(9-15)33-13-21(30)16-6-8-22-20(10-16)29(25(32)14-34-22)12-24(31)28-18-4-2-3-17(26)11-18/h2-11H,12-14H2,1H3,(H,28,31). The molecule has 0 aromatic heterocycles. The monoisotopic (exact) mass is 466 g/mol. The van der Waals surface area contributed by atoms with Crippen molar-refractivity contribution in [3.63, 3.8) is 0 Å².